The van der Waals surface area contributed by atoms with Gasteiger partial charge in [0.05, 0.1) is 5.69 Å². The number of carbonyl (C=O) groups excluding carboxylic acids is 1. The van der Waals surface area contributed by atoms with E-state index >= 15 is 0 Å². The van der Waals surface area contributed by atoms with Crippen LogP contribution in [-0.2, 0) is 11.3 Å². The molecule has 1 heterocycles. The van der Waals surface area contributed by atoms with Crippen molar-refractivity contribution in [3.63, 3.8) is 0 Å². The maximum absolute atomic E-state index is 13.7. The summed E-state index contributed by atoms with van der Waals surface area (Å²) in [5, 5.41) is 11.4. The Morgan fingerprint density at radius 1 is 1.39 bits per heavy atom. The number of nitrogens with zero attached hydrogens (tertiary/aromatic N) is 2. The summed E-state index contributed by atoms with van der Waals surface area (Å²) in [4.78, 5) is 24.3. The van der Waals surface area contributed by atoms with E-state index in [1.807, 2.05) is 6.07 Å². The van der Waals surface area contributed by atoms with Gasteiger partial charge in [-0.05, 0) is 43.7 Å². The van der Waals surface area contributed by atoms with Crippen LogP contribution in [-0.4, -0.2) is 10.5 Å². The van der Waals surface area contributed by atoms with Crippen molar-refractivity contribution in [2.45, 2.75) is 20.4 Å². The molecule has 0 fully saturated rings. The zero-order chi connectivity index (χ0) is 17.1. The van der Waals surface area contributed by atoms with Crippen molar-refractivity contribution in [2.24, 2.45) is 0 Å². The van der Waals surface area contributed by atoms with Crippen LogP contribution in [0.4, 0.5) is 10.1 Å². The molecular weight excluding hydrogens is 365 g/mol. The molecule has 5 nitrogen and oxygen atoms in total. The molecule has 0 saturated heterocycles. The highest BCUT2D eigenvalue weighted by Gasteiger charge is 2.14. The van der Waals surface area contributed by atoms with E-state index in [2.05, 4.69) is 21.2 Å². The standard InChI is InChI=1S/C16H13BrFN3O2/c1-9-5-10(2)21(16(23)12(9)7-19)8-15(22)20-14-4-3-11(17)6-13(14)18/h3-6H,8H2,1-2H3,(H,20,22). The number of benzene rings is 1. The molecule has 1 aromatic heterocycles. The lowest BCUT2D eigenvalue weighted by Crippen LogP contribution is -2.31. The molecule has 1 aromatic carbocycles. The van der Waals surface area contributed by atoms with Crippen molar-refractivity contribution in [3.05, 3.63) is 61.7 Å². The van der Waals surface area contributed by atoms with Crippen LogP contribution in [0.25, 0.3) is 0 Å². The molecule has 7 heteroatoms. The van der Waals surface area contributed by atoms with Gasteiger partial charge in [0, 0.05) is 10.2 Å². The summed E-state index contributed by atoms with van der Waals surface area (Å²) in [6.07, 6.45) is 0. The number of rotatable bonds is 3. The summed E-state index contributed by atoms with van der Waals surface area (Å²) in [6.45, 7) is 3.03. The van der Waals surface area contributed by atoms with Gasteiger partial charge < -0.3 is 9.88 Å². The van der Waals surface area contributed by atoms with Crippen LogP contribution in [0.2, 0.25) is 0 Å². The van der Waals surface area contributed by atoms with Gasteiger partial charge in [-0.1, -0.05) is 15.9 Å². The van der Waals surface area contributed by atoms with E-state index in [0.29, 0.717) is 15.7 Å². The Balaban J connectivity index is 2.28. The largest absolute Gasteiger partial charge is 0.322 e. The van der Waals surface area contributed by atoms with E-state index in [1.54, 1.807) is 26.0 Å². The van der Waals surface area contributed by atoms with E-state index in [4.69, 9.17) is 5.26 Å². The molecule has 2 aromatic rings. The third-order valence-electron chi connectivity index (χ3n) is 3.32. The van der Waals surface area contributed by atoms with Crippen LogP contribution in [0, 0.1) is 31.0 Å². The number of carbonyl (C=O) groups is 1. The quantitative estimate of drug-likeness (QED) is 0.893. The van der Waals surface area contributed by atoms with Crippen LogP contribution in [0.5, 0.6) is 0 Å². The Morgan fingerprint density at radius 2 is 2.09 bits per heavy atom. The van der Waals surface area contributed by atoms with Crippen molar-refractivity contribution in [1.29, 1.82) is 5.26 Å². The van der Waals surface area contributed by atoms with Gasteiger partial charge in [-0.2, -0.15) is 5.26 Å². The minimum atomic E-state index is -0.585. The third kappa shape index (κ3) is 3.66. The second kappa shape index (κ2) is 6.75. The molecule has 1 N–H and O–H groups in total. The molecule has 0 atom stereocenters. The smallest absolute Gasteiger partial charge is 0.269 e. The average molecular weight is 378 g/mol. The van der Waals surface area contributed by atoms with Gasteiger partial charge in [0.1, 0.15) is 24.0 Å². The lowest BCUT2D eigenvalue weighted by molar-refractivity contribution is -0.116. The maximum atomic E-state index is 13.7. The van der Waals surface area contributed by atoms with Gasteiger partial charge in [-0.25, -0.2) is 4.39 Å². The predicted octanol–water partition coefficient (Wildman–Crippen LogP) is 2.88. The van der Waals surface area contributed by atoms with Crippen molar-refractivity contribution in [3.8, 4) is 6.07 Å². The number of amides is 1. The number of hydrogen-bond acceptors (Lipinski definition) is 3. The van der Waals surface area contributed by atoms with Crippen LogP contribution >= 0.6 is 15.9 Å². The predicted molar refractivity (Wildman–Crippen MR) is 87.6 cm³/mol. The second-order valence-corrected chi connectivity index (χ2v) is 5.93. The first-order valence-corrected chi connectivity index (χ1v) is 7.49. The number of anilines is 1. The number of aromatic nitrogens is 1. The van der Waals surface area contributed by atoms with Crippen molar-refractivity contribution < 1.29 is 9.18 Å². The number of halogens is 2. The fraction of sp³-hybridized carbons (Fsp3) is 0.188. The zero-order valence-electron chi connectivity index (χ0n) is 12.5. The lowest BCUT2D eigenvalue weighted by Gasteiger charge is -2.12. The summed E-state index contributed by atoms with van der Waals surface area (Å²) in [5.74, 6) is -1.14. The van der Waals surface area contributed by atoms with Crippen LogP contribution in [0.1, 0.15) is 16.8 Å². The molecule has 0 saturated carbocycles. The fourth-order valence-corrected chi connectivity index (χ4v) is 2.52. The van der Waals surface area contributed by atoms with Gasteiger partial charge in [-0.15, -0.1) is 0 Å². The fourth-order valence-electron chi connectivity index (χ4n) is 2.18. The molecular formula is C16H13BrFN3O2. The van der Waals surface area contributed by atoms with E-state index in [0.717, 1.165) is 0 Å². The number of nitriles is 1. The molecule has 0 aliphatic carbocycles. The Labute approximate surface area is 140 Å². The second-order valence-electron chi connectivity index (χ2n) is 5.02. The van der Waals surface area contributed by atoms with Gasteiger partial charge in [0.2, 0.25) is 5.91 Å². The third-order valence-corrected chi connectivity index (χ3v) is 3.82. The van der Waals surface area contributed by atoms with Gasteiger partial charge >= 0.3 is 0 Å². The lowest BCUT2D eigenvalue weighted by atomic mass is 10.1. The summed E-state index contributed by atoms with van der Waals surface area (Å²) < 4.78 is 15.5. The first kappa shape index (κ1) is 16.9. The Morgan fingerprint density at radius 3 is 2.70 bits per heavy atom. The van der Waals surface area contributed by atoms with Gasteiger partial charge in [0.25, 0.3) is 5.56 Å². The topological polar surface area (TPSA) is 74.9 Å². The molecule has 0 aliphatic heterocycles. The SMILES string of the molecule is Cc1cc(C)n(CC(=O)Nc2ccc(Br)cc2F)c(=O)c1C#N. The first-order valence-electron chi connectivity index (χ1n) is 6.69. The van der Waals surface area contributed by atoms with Crippen LogP contribution < -0.4 is 10.9 Å². The van der Waals surface area contributed by atoms with Crippen LogP contribution in [0.3, 0.4) is 0 Å². The summed E-state index contributed by atoms with van der Waals surface area (Å²) in [7, 11) is 0. The van der Waals surface area contributed by atoms with Crippen molar-refractivity contribution in [1.82, 2.24) is 4.57 Å². The van der Waals surface area contributed by atoms with E-state index in [9.17, 15) is 14.0 Å². The molecule has 0 bridgehead atoms. The Bertz CT molecular complexity index is 884. The molecule has 0 unspecified atom stereocenters. The molecule has 0 aliphatic rings. The van der Waals surface area contributed by atoms with Gasteiger partial charge in [-0.3, -0.25) is 9.59 Å². The monoisotopic (exact) mass is 377 g/mol. The molecule has 0 radical (unpaired) electrons. The Kier molecular flexibility index (Phi) is 4.96. The van der Waals surface area contributed by atoms with Crippen LogP contribution in [0.15, 0.2) is 33.5 Å². The number of pyridine rings is 1. The minimum Gasteiger partial charge on any atom is -0.322 e. The normalized spacial score (nSPS) is 10.2. The maximum Gasteiger partial charge on any atom is 0.269 e. The van der Waals surface area contributed by atoms with E-state index in [-0.39, 0.29) is 17.8 Å². The number of nitrogens with one attached hydrogen (secondary N) is 1. The minimum absolute atomic E-state index is 0.00165. The number of aryl methyl sites for hydroxylation is 2. The summed E-state index contributed by atoms with van der Waals surface area (Å²) in [6, 6.07) is 7.74. The highest BCUT2D eigenvalue weighted by Crippen LogP contribution is 2.19. The van der Waals surface area contributed by atoms with E-state index < -0.39 is 17.3 Å². The molecule has 1 amide bonds. The highest BCUT2D eigenvalue weighted by molar-refractivity contribution is 9.10. The van der Waals surface area contributed by atoms with E-state index in [1.165, 1.54) is 16.7 Å². The van der Waals surface area contributed by atoms with Gasteiger partial charge in [0.15, 0.2) is 0 Å². The van der Waals surface area contributed by atoms with Crippen molar-refractivity contribution >= 4 is 27.5 Å². The van der Waals surface area contributed by atoms with Crippen molar-refractivity contribution in [2.75, 3.05) is 5.32 Å². The highest BCUT2D eigenvalue weighted by atomic mass is 79.9. The zero-order valence-corrected chi connectivity index (χ0v) is 14.1. The molecule has 118 valence electrons. The molecule has 2 rings (SSSR count). The number of hydrogen-bond donors (Lipinski definition) is 1. The first-order chi connectivity index (χ1) is 10.8. The summed E-state index contributed by atoms with van der Waals surface area (Å²) in [5.41, 5.74) is 0.606. The Hall–Kier alpha value is -2.46. The average Bonchev–Trinajstić information content (AvgIpc) is 2.47. The molecule has 0 spiro atoms. The molecule has 23 heavy (non-hydrogen) atoms. The summed E-state index contributed by atoms with van der Waals surface area (Å²) >= 11 is 3.13.